The first-order chi connectivity index (χ1) is 9.42. The van der Waals surface area contributed by atoms with E-state index in [1.807, 2.05) is 0 Å². The van der Waals surface area contributed by atoms with Crippen molar-refractivity contribution in [1.29, 1.82) is 0 Å². The molecule has 0 fully saturated rings. The number of carbonyl (C=O) groups is 1. The zero-order valence-electron chi connectivity index (χ0n) is 11.8. The molecule has 0 saturated heterocycles. The molecule has 2 rings (SSSR count). The van der Waals surface area contributed by atoms with Gasteiger partial charge in [-0.05, 0) is 20.8 Å². The van der Waals surface area contributed by atoms with Crippen LogP contribution in [-0.2, 0) is 17.9 Å². The predicted molar refractivity (Wildman–Crippen MR) is 77.4 cm³/mol. The van der Waals surface area contributed by atoms with Gasteiger partial charge in [0.2, 0.25) is 5.91 Å². The van der Waals surface area contributed by atoms with Crippen LogP contribution in [-0.4, -0.2) is 31.4 Å². The SMILES string of the molecule is CC(C)(C)NCc1cn(CC(=O)Nc2nccs2)nn1. The van der Waals surface area contributed by atoms with Gasteiger partial charge in [-0.1, -0.05) is 5.21 Å². The molecule has 0 saturated carbocycles. The van der Waals surface area contributed by atoms with Crippen LogP contribution >= 0.6 is 11.3 Å². The highest BCUT2D eigenvalue weighted by molar-refractivity contribution is 7.13. The highest BCUT2D eigenvalue weighted by Gasteiger charge is 2.11. The lowest BCUT2D eigenvalue weighted by molar-refractivity contribution is -0.116. The van der Waals surface area contributed by atoms with Crippen molar-refractivity contribution in [2.24, 2.45) is 0 Å². The molecule has 0 unspecified atom stereocenters. The molecule has 2 N–H and O–H groups in total. The monoisotopic (exact) mass is 294 g/mol. The van der Waals surface area contributed by atoms with Gasteiger partial charge < -0.3 is 10.6 Å². The number of hydrogen-bond donors (Lipinski definition) is 2. The maximum Gasteiger partial charge on any atom is 0.247 e. The minimum Gasteiger partial charge on any atom is -0.306 e. The Morgan fingerprint density at radius 1 is 1.45 bits per heavy atom. The fourth-order valence-corrected chi connectivity index (χ4v) is 1.99. The van der Waals surface area contributed by atoms with Crippen LogP contribution in [0.2, 0.25) is 0 Å². The number of nitrogens with zero attached hydrogens (tertiary/aromatic N) is 4. The summed E-state index contributed by atoms with van der Waals surface area (Å²) in [6.07, 6.45) is 3.41. The number of thiazole rings is 1. The maximum absolute atomic E-state index is 11.8. The summed E-state index contributed by atoms with van der Waals surface area (Å²) >= 11 is 1.38. The van der Waals surface area contributed by atoms with Crippen molar-refractivity contribution in [3.05, 3.63) is 23.5 Å². The van der Waals surface area contributed by atoms with Crippen molar-refractivity contribution >= 4 is 22.4 Å². The fourth-order valence-electron chi connectivity index (χ4n) is 1.44. The molecule has 0 bridgehead atoms. The molecule has 0 aliphatic carbocycles. The van der Waals surface area contributed by atoms with Crippen molar-refractivity contribution in [2.75, 3.05) is 5.32 Å². The molecule has 20 heavy (non-hydrogen) atoms. The topological polar surface area (TPSA) is 84.7 Å². The first-order valence-electron chi connectivity index (χ1n) is 6.26. The highest BCUT2D eigenvalue weighted by Crippen LogP contribution is 2.10. The maximum atomic E-state index is 11.8. The number of carbonyl (C=O) groups excluding carboxylic acids is 1. The lowest BCUT2D eigenvalue weighted by atomic mass is 10.1. The Hall–Kier alpha value is -1.80. The molecule has 0 aliphatic heterocycles. The number of anilines is 1. The van der Waals surface area contributed by atoms with Crippen LogP contribution < -0.4 is 10.6 Å². The lowest BCUT2D eigenvalue weighted by Gasteiger charge is -2.19. The van der Waals surface area contributed by atoms with E-state index in [2.05, 4.69) is 46.7 Å². The van der Waals surface area contributed by atoms with Crippen molar-refractivity contribution in [2.45, 2.75) is 39.4 Å². The zero-order valence-corrected chi connectivity index (χ0v) is 12.6. The van der Waals surface area contributed by atoms with E-state index in [4.69, 9.17) is 0 Å². The lowest BCUT2D eigenvalue weighted by Crippen LogP contribution is -2.35. The zero-order chi connectivity index (χ0) is 14.6. The van der Waals surface area contributed by atoms with Crippen LogP contribution in [0.25, 0.3) is 0 Å². The average Bonchev–Trinajstić information content (AvgIpc) is 2.97. The Morgan fingerprint density at radius 2 is 2.25 bits per heavy atom. The highest BCUT2D eigenvalue weighted by atomic mass is 32.1. The molecule has 0 spiro atoms. The van der Waals surface area contributed by atoms with Crippen LogP contribution in [0.15, 0.2) is 17.8 Å². The van der Waals surface area contributed by atoms with Gasteiger partial charge in [-0.15, -0.1) is 16.4 Å². The van der Waals surface area contributed by atoms with Gasteiger partial charge in [-0.25, -0.2) is 9.67 Å². The van der Waals surface area contributed by atoms with Crippen LogP contribution in [0.4, 0.5) is 5.13 Å². The van der Waals surface area contributed by atoms with Crippen LogP contribution in [0.1, 0.15) is 26.5 Å². The largest absolute Gasteiger partial charge is 0.306 e. The van der Waals surface area contributed by atoms with Crippen molar-refractivity contribution in [3.63, 3.8) is 0 Å². The minimum absolute atomic E-state index is 0.0198. The normalized spacial score (nSPS) is 11.6. The van der Waals surface area contributed by atoms with Gasteiger partial charge in [0, 0.05) is 23.7 Å². The van der Waals surface area contributed by atoms with E-state index >= 15 is 0 Å². The van der Waals surface area contributed by atoms with Gasteiger partial charge in [-0.2, -0.15) is 0 Å². The van der Waals surface area contributed by atoms with E-state index in [1.165, 1.54) is 16.0 Å². The van der Waals surface area contributed by atoms with Gasteiger partial charge in [0.05, 0.1) is 11.9 Å². The number of aromatic nitrogens is 4. The third-order valence-corrected chi connectivity index (χ3v) is 3.06. The van der Waals surface area contributed by atoms with Crippen LogP contribution in [0.5, 0.6) is 0 Å². The molecule has 0 aliphatic rings. The molecule has 0 aromatic carbocycles. The second-order valence-corrected chi connectivity index (χ2v) is 6.29. The molecule has 1 amide bonds. The molecule has 2 heterocycles. The summed E-state index contributed by atoms with van der Waals surface area (Å²) in [5, 5.41) is 16.4. The van der Waals surface area contributed by atoms with E-state index in [1.54, 1.807) is 17.8 Å². The Bertz CT molecular complexity index is 557. The molecule has 2 aromatic rings. The molecule has 0 radical (unpaired) electrons. The Balaban J connectivity index is 1.84. The van der Waals surface area contributed by atoms with Gasteiger partial charge in [0.1, 0.15) is 6.54 Å². The summed E-state index contributed by atoms with van der Waals surface area (Å²) in [6, 6.07) is 0. The summed E-state index contributed by atoms with van der Waals surface area (Å²) in [5.74, 6) is -0.166. The van der Waals surface area contributed by atoms with E-state index in [0.29, 0.717) is 11.7 Å². The second-order valence-electron chi connectivity index (χ2n) is 5.40. The van der Waals surface area contributed by atoms with Crippen molar-refractivity contribution in [3.8, 4) is 0 Å². The Kier molecular flexibility index (Phi) is 4.46. The van der Waals surface area contributed by atoms with E-state index in [0.717, 1.165) is 5.69 Å². The van der Waals surface area contributed by atoms with Gasteiger partial charge >= 0.3 is 0 Å². The summed E-state index contributed by atoms with van der Waals surface area (Å²) in [5.41, 5.74) is 0.827. The molecule has 2 aromatic heterocycles. The summed E-state index contributed by atoms with van der Waals surface area (Å²) in [7, 11) is 0. The number of rotatable bonds is 5. The van der Waals surface area contributed by atoms with Crippen LogP contribution in [0.3, 0.4) is 0 Å². The van der Waals surface area contributed by atoms with E-state index in [-0.39, 0.29) is 18.0 Å². The van der Waals surface area contributed by atoms with Gasteiger partial charge in [-0.3, -0.25) is 4.79 Å². The quantitative estimate of drug-likeness (QED) is 0.867. The third kappa shape index (κ3) is 4.71. The van der Waals surface area contributed by atoms with Crippen molar-refractivity contribution < 1.29 is 4.79 Å². The minimum atomic E-state index is -0.166. The number of nitrogens with one attached hydrogen (secondary N) is 2. The summed E-state index contributed by atoms with van der Waals surface area (Å²) in [6.45, 7) is 7.00. The molecular weight excluding hydrogens is 276 g/mol. The second kappa shape index (κ2) is 6.10. The molecule has 0 atom stereocenters. The standard InChI is InChI=1S/C12H18N6OS/c1-12(2,3)14-6-9-7-18(17-16-9)8-10(19)15-11-13-4-5-20-11/h4-5,7,14H,6,8H2,1-3H3,(H,13,15,19). The fraction of sp³-hybridized carbons (Fsp3) is 0.500. The molecular formula is C12H18N6OS. The molecule has 8 heteroatoms. The van der Waals surface area contributed by atoms with Gasteiger partial charge in [0.25, 0.3) is 0 Å². The number of amides is 1. The van der Waals surface area contributed by atoms with E-state index in [9.17, 15) is 4.79 Å². The number of hydrogen-bond acceptors (Lipinski definition) is 6. The average molecular weight is 294 g/mol. The van der Waals surface area contributed by atoms with E-state index < -0.39 is 0 Å². The first-order valence-corrected chi connectivity index (χ1v) is 7.14. The molecule has 7 nitrogen and oxygen atoms in total. The first kappa shape index (κ1) is 14.6. The summed E-state index contributed by atoms with van der Waals surface area (Å²) < 4.78 is 1.52. The predicted octanol–water partition coefficient (Wildman–Crippen LogP) is 1.26. The third-order valence-electron chi connectivity index (χ3n) is 2.37. The smallest absolute Gasteiger partial charge is 0.247 e. The van der Waals surface area contributed by atoms with Crippen LogP contribution in [0, 0.1) is 0 Å². The Labute approximate surface area is 121 Å². The van der Waals surface area contributed by atoms with Crippen molar-refractivity contribution in [1.82, 2.24) is 25.3 Å². The molecule has 108 valence electrons. The van der Waals surface area contributed by atoms with Gasteiger partial charge in [0.15, 0.2) is 5.13 Å². The summed E-state index contributed by atoms with van der Waals surface area (Å²) in [4.78, 5) is 15.7. The Morgan fingerprint density at radius 3 is 2.90 bits per heavy atom.